The Morgan fingerprint density at radius 1 is 1.00 bits per heavy atom. The van der Waals surface area contributed by atoms with Gasteiger partial charge in [0.15, 0.2) is 16.8 Å². The van der Waals surface area contributed by atoms with Crippen molar-refractivity contribution in [1.82, 2.24) is 24.6 Å². The molecule has 7 nitrogen and oxygen atoms in total. The minimum Gasteiger partial charge on any atom is -0.356 e. The summed E-state index contributed by atoms with van der Waals surface area (Å²) in [6.07, 6.45) is 3.68. The fraction of sp³-hybridized carbons (Fsp3) is 0.231. The van der Waals surface area contributed by atoms with E-state index >= 15 is 0 Å². The maximum absolute atomic E-state index is 12.9. The summed E-state index contributed by atoms with van der Waals surface area (Å²) in [4.78, 5) is 30.3. The zero-order valence-corrected chi connectivity index (χ0v) is 19.7. The van der Waals surface area contributed by atoms with Crippen LogP contribution in [0.2, 0.25) is 0 Å². The Hall–Kier alpha value is -3.65. The standard InChI is InChI=1S/C26H25N5O2S/c1-18-8-7-11-21(14-18)31-24(19-9-3-2-4-10-19)28-29-26(31)34-17-23(32)20-15-22(27-16-20)25(33)30-12-5-6-13-30/h2-4,7-11,14-16,27H,5-6,12-13,17H2,1H3. The van der Waals surface area contributed by atoms with Gasteiger partial charge >= 0.3 is 0 Å². The SMILES string of the molecule is Cc1cccc(-n2c(SCC(=O)c3c[nH]c(C(=O)N4CCCC4)c3)nnc2-c2ccccc2)c1. The van der Waals surface area contributed by atoms with Gasteiger partial charge in [0.25, 0.3) is 5.91 Å². The Morgan fingerprint density at radius 2 is 1.79 bits per heavy atom. The number of hydrogen-bond donors (Lipinski definition) is 1. The van der Waals surface area contributed by atoms with Crippen molar-refractivity contribution < 1.29 is 9.59 Å². The first kappa shape index (κ1) is 22.2. The molecule has 1 saturated heterocycles. The summed E-state index contributed by atoms with van der Waals surface area (Å²) in [5.74, 6) is 0.799. The molecule has 0 radical (unpaired) electrons. The molecule has 34 heavy (non-hydrogen) atoms. The Balaban J connectivity index is 1.37. The molecule has 4 aromatic rings. The van der Waals surface area contributed by atoms with Crippen molar-refractivity contribution in [2.45, 2.75) is 24.9 Å². The fourth-order valence-corrected chi connectivity index (χ4v) is 4.97. The molecule has 3 heterocycles. The van der Waals surface area contributed by atoms with Gasteiger partial charge in [-0.25, -0.2) is 0 Å². The molecule has 2 aromatic heterocycles. The second-order valence-corrected chi connectivity index (χ2v) is 9.30. The second kappa shape index (κ2) is 9.69. The number of benzene rings is 2. The smallest absolute Gasteiger partial charge is 0.270 e. The second-order valence-electron chi connectivity index (χ2n) is 8.36. The van der Waals surface area contributed by atoms with Gasteiger partial charge in [0.2, 0.25) is 0 Å². The van der Waals surface area contributed by atoms with Crippen LogP contribution in [0.5, 0.6) is 0 Å². The molecule has 0 aliphatic carbocycles. The van der Waals surface area contributed by atoms with Crippen LogP contribution in [-0.4, -0.2) is 55.2 Å². The molecule has 0 bridgehead atoms. The fourth-order valence-electron chi connectivity index (χ4n) is 4.12. The van der Waals surface area contributed by atoms with Gasteiger partial charge in [0.05, 0.1) is 5.75 Å². The third-order valence-corrected chi connectivity index (χ3v) is 6.82. The summed E-state index contributed by atoms with van der Waals surface area (Å²) in [5, 5.41) is 9.48. The molecule has 1 aliphatic heterocycles. The van der Waals surface area contributed by atoms with E-state index in [0.29, 0.717) is 16.4 Å². The van der Waals surface area contributed by atoms with E-state index in [-0.39, 0.29) is 17.4 Å². The van der Waals surface area contributed by atoms with Crippen molar-refractivity contribution in [3.63, 3.8) is 0 Å². The summed E-state index contributed by atoms with van der Waals surface area (Å²) < 4.78 is 1.99. The molecule has 0 spiro atoms. The molecule has 1 fully saturated rings. The number of amides is 1. The van der Waals surface area contributed by atoms with E-state index in [1.54, 1.807) is 12.3 Å². The lowest BCUT2D eigenvalue weighted by molar-refractivity contribution is 0.0787. The van der Waals surface area contributed by atoms with Crippen LogP contribution in [0.3, 0.4) is 0 Å². The number of rotatable bonds is 7. The molecule has 8 heteroatoms. The average Bonchev–Trinajstić information content (AvgIpc) is 3.63. The van der Waals surface area contributed by atoms with Gasteiger partial charge in [-0.3, -0.25) is 14.2 Å². The van der Waals surface area contributed by atoms with Crippen molar-refractivity contribution >= 4 is 23.5 Å². The van der Waals surface area contributed by atoms with Crippen LogP contribution < -0.4 is 0 Å². The number of carbonyl (C=O) groups is 2. The van der Waals surface area contributed by atoms with Crippen LogP contribution in [-0.2, 0) is 0 Å². The third-order valence-electron chi connectivity index (χ3n) is 5.89. The highest BCUT2D eigenvalue weighted by Gasteiger charge is 2.22. The molecular formula is C26H25N5O2S. The summed E-state index contributed by atoms with van der Waals surface area (Å²) in [5.41, 5.74) is 3.98. The average molecular weight is 472 g/mol. The van der Waals surface area contributed by atoms with Gasteiger partial charge < -0.3 is 9.88 Å². The van der Waals surface area contributed by atoms with Crippen molar-refractivity contribution in [1.29, 1.82) is 0 Å². The van der Waals surface area contributed by atoms with Crippen LogP contribution in [0.1, 0.15) is 39.3 Å². The van der Waals surface area contributed by atoms with Gasteiger partial charge in [-0.2, -0.15) is 0 Å². The van der Waals surface area contributed by atoms with Crippen LogP contribution in [0.15, 0.2) is 72.0 Å². The third kappa shape index (κ3) is 4.54. The molecule has 1 amide bonds. The maximum atomic E-state index is 12.9. The Labute approximate surface area is 202 Å². The van der Waals surface area contributed by atoms with Crippen molar-refractivity contribution in [3.8, 4) is 17.1 Å². The monoisotopic (exact) mass is 471 g/mol. The van der Waals surface area contributed by atoms with Crippen molar-refractivity contribution in [2.75, 3.05) is 18.8 Å². The number of Topliss-reactive ketones (excluding diaryl/α,β-unsaturated/α-hetero) is 1. The predicted molar refractivity (Wildman–Crippen MR) is 133 cm³/mol. The highest BCUT2D eigenvalue weighted by atomic mass is 32.2. The van der Waals surface area contributed by atoms with E-state index in [1.165, 1.54) is 11.8 Å². The first-order valence-electron chi connectivity index (χ1n) is 11.3. The molecule has 2 aromatic carbocycles. The number of aromatic nitrogens is 4. The molecule has 1 aliphatic rings. The Kier molecular flexibility index (Phi) is 6.31. The predicted octanol–water partition coefficient (Wildman–Crippen LogP) is 4.78. The molecule has 1 N–H and O–H groups in total. The van der Waals surface area contributed by atoms with E-state index in [2.05, 4.69) is 21.2 Å². The maximum Gasteiger partial charge on any atom is 0.270 e. The lowest BCUT2D eigenvalue weighted by atomic mass is 10.2. The minimum atomic E-state index is -0.0678. The summed E-state index contributed by atoms with van der Waals surface area (Å²) >= 11 is 1.34. The lowest BCUT2D eigenvalue weighted by Gasteiger charge is -2.13. The highest BCUT2D eigenvalue weighted by Crippen LogP contribution is 2.29. The zero-order valence-electron chi connectivity index (χ0n) is 18.9. The number of aromatic amines is 1. The first-order chi connectivity index (χ1) is 16.6. The summed E-state index contributed by atoms with van der Waals surface area (Å²) in [6.45, 7) is 3.59. The summed E-state index contributed by atoms with van der Waals surface area (Å²) in [7, 11) is 0. The van der Waals surface area contributed by atoms with E-state index < -0.39 is 0 Å². The molecular weight excluding hydrogens is 446 g/mol. The van der Waals surface area contributed by atoms with Crippen LogP contribution in [0.4, 0.5) is 0 Å². The number of ketones is 1. The number of H-pyrrole nitrogens is 1. The van der Waals surface area contributed by atoms with Gasteiger partial charge in [-0.15, -0.1) is 10.2 Å². The van der Waals surface area contributed by atoms with Crippen LogP contribution >= 0.6 is 11.8 Å². The molecule has 0 atom stereocenters. The molecule has 0 unspecified atom stereocenters. The first-order valence-corrected chi connectivity index (χ1v) is 12.3. The molecule has 5 rings (SSSR count). The van der Waals surface area contributed by atoms with E-state index in [9.17, 15) is 9.59 Å². The van der Waals surface area contributed by atoms with Gasteiger partial charge in [-0.1, -0.05) is 54.2 Å². The normalized spacial score (nSPS) is 13.4. The highest BCUT2D eigenvalue weighted by molar-refractivity contribution is 7.99. The Bertz CT molecular complexity index is 1320. The van der Waals surface area contributed by atoms with Gasteiger partial charge in [-0.05, 0) is 43.5 Å². The van der Waals surface area contributed by atoms with Crippen molar-refractivity contribution in [3.05, 3.63) is 83.7 Å². The number of nitrogens with one attached hydrogen (secondary N) is 1. The summed E-state index contributed by atoms with van der Waals surface area (Å²) in [6, 6.07) is 19.7. The van der Waals surface area contributed by atoms with Gasteiger partial charge in [0, 0.05) is 36.1 Å². The number of thioether (sulfide) groups is 1. The molecule has 0 saturated carbocycles. The van der Waals surface area contributed by atoms with E-state index in [1.807, 2.05) is 64.9 Å². The molecule has 172 valence electrons. The largest absolute Gasteiger partial charge is 0.356 e. The quantitative estimate of drug-likeness (QED) is 0.310. The van der Waals surface area contributed by atoms with E-state index in [4.69, 9.17) is 0 Å². The van der Waals surface area contributed by atoms with E-state index in [0.717, 1.165) is 48.6 Å². The lowest BCUT2D eigenvalue weighted by Crippen LogP contribution is -2.27. The Morgan fingerprint density at radius 3 is 2.56 bits per heavy atom. The number of nitrogens with zero attached hydrogens (tertiary/aromatic N) is 4. The topological polar surface area (TPSA) is 83.9 Å². The van der Waals surface area contributed by atoms with Crippen LogP contribution in [0.25, 0.3) is 17.1 Å². The van der Waals surface area contributed by atoms with Gasteiger partial charge in [0.1, 0.15) is 5.69 Å². The van der Waals surface area contributed by atoms with Crippen LogP contribution in [0, 0.1) is 6.92 Å². The zero-order chi connectivity index (χ0) is 23.5. The van der Waals surface area contributed by atoms with Crippen molar-refractivity contribution in [2.24, 2.45) is 0 Å². The minimum absolute atomic E-state index is 0.0455. The number of likely N-dealkylation sites (tertiary alicyclic amines) is 1. The number of hydrogen-bond acceptors (Lipinski definition) is 5. The number of carbonyl (C=O) groups excluding carboxylic acids is 2. The number of aryl methyl sites for hydroxylation is 1.